The summed E-state index contributed by atoms with van der Waals surface area (Å²) in [7, 11) is 0. The van der Waals surface area contributed by atoms with E-state index < -0.39 is 12.1 Å². The molecule has 0 unspecified atom stereocenters. The van der Waals surface area contributed by atoms with E-state index in [0.717, 1.165) is 34.8 Å². The number of benzene rings is 1. The van der Waals surface area contributed by atoms with Gasteiger partial charge in [-0.15, -0.1) is 11.3 Å². The van der Waals surface area contributed by atoms with E-state index in [9.17, 15) is 9.59 Å². The van der Waals surface area contributed by atoms with Crippen LogP contribution in [0.4, 0.5) is 0 Å². The lowest BCUT2D eigenvalue weighted by Crippen LogP contribution is -2.48. The Hall–Kier alpha value is -1.48. The van der Waals surface area contributed by atoms with Crippen molar-refractivity contribution in [2.75, 3.05) is 6.54 Å². The van der Waals surface area contributed by atoms with Gasteiger partial charge in [-0.25, -0.2) is 4.98 Å². The number of nitrogens with one attached hydrogen (secondary N) is 1. The molecule has 0 radical (unpaired) electrons. The molecule has 1 aromatic heterocycles. The Balaban J connectivity index is 2.01. The van der Waals surface area contributed by atoms with E-state index >= 15 is 0 Å². The molecule has 6 nitrogen and oxygen atoms in total. The summed E-state index contributed by atoms with van der Waals surface area (Å²) in [6, 6.07) is 6.58. The minimum absolute atomic E-state index is 0.106. The SMILES string of the molecule is CC(C)C[C@@H](NC(=O)[C@H](N)CCCCN)C(=O)Sc1nc2ccccc2s1. The fourth-order valence-electron chi connectivity index (χ4n) is 2.66. The Labute approximate surface area is 168 Å². The van der Waals surface area contributed by atoms with Crippen molar-refractivity contribution >= 4 is 44.3 Å². The zero-order valence-corrected chi connectivity index (χ0v) is 17.4. The number of hydrogen-bond donors (Lipinski definition) is 3. The van der Waals surface area contributed by atoms with E-state index in [4.69, 9.17) is 11.5 Å². The molecule has 1 heterocycles. The van der Waals surface area contributed by atoms with Gasteiger partial charge in [-0.05, 0) is 55.6 Å². The van der Waals surface area contributed by atoms with Crippen molar-refractivity contribution < 1.29 is 9.59 Å². The number of amides is 1. The predicted octanol–water partition coefficient (Wildman–Crippen LogP) is 2.90. The number of nitrogens with zero attached hydrogens (tertiary/aromatic N) is 1. The molecule has 2 aromatic rings. The summed E-state index contributed by atoms with van der Waals surface area (Å²) in [5, 5.41) is 2.73. The molecule has 0 aliphatic heterocycles. The van der Waals surface area contributed by atoms with Gasteiger partial charge < -0.3 is 16.8 Å². The Morgan fingerprint density at radius 1 is 1.26 bits per heavy atom. The van der Waals surface area contributed by atoms with Gasteiger partial charge in [-0.3, -0.25) is 9.59 Å². The highest BCUT2D eigenvalue weighted by Crippen LogP contribution is 2.31. The van der Waals surface area contributed by atoms with Crippen molar-refractivity contribution in [1.82, 2.24) is 10.3 Å². The van der Waals surface area contributed by atoms with E-state index in [2.05, 4.69) is 10.3 Å². The molecule has 1 aromatic carbocycles. The molecular weight excluding hydrogens is 380 g/mol. The standard InChI is InChI=1S/C19H28N4O2S2/c1-12(2)11-15(22-17(24)13(21)7-5-6-10-20)18(25)27-19-23-14-8-3-4-9-16(14)26-19/h3-4,8-9,12-13,15H,5-7,10-11,20-21H2,1-2H3,(H,22,24)/t13-,15-/m1/s1. The molecule has 0 aliphatic rings. The molecule has 148 valence electrons. The maximum atomic E-state index is 12.8. The van der Waals surface area contributed by atoms with Crippen LogP contribution in [0.3, 0.4) is 0 Å². The van der Waals surface area contributed by atoms with Gasteiger partial charge in [-0.2, -0.15) is 0 Å². The highest BCUT2D eigenvalue weighted by atomic mass is 32.2. The molecule has 5 N–H and O–H groups in total. The van der Waals surface area contributed by atoms with Gasteiger partial charge >= 0.3 is 0 Å². The van der Waals surface area contributed by atoms with E-state index in [-0.39, 0.29) is 16.9 Å². The molecule has 0 bridgehead atoms. The molecule has 0 spiro atoms. The number of para-hydroxylation sites is 1. The van der Waals surface area contributed by atoms with Crippen molar-refractivity contribution in [2.45, 2.75) is 56.0 Å². The van der Waals surface area contributed by atoms with Crippen molar-refractivity contribution in [3.63, 3.8) is 0 Å². The van der Waals surface area contributed by atoms with E-state index in [1.807, 2.05) is 38.1 Å². The average molecular weight is 409 g/mol. The van der Waals surface area contributed by atoms with Crippen molar-refractivity contribution in [3.8, 4) is 0 Å². The van der Waals surface area contributed by atoms with Crippen LogP contribution in [-0.2, 0) is 9.59 Å². The smallest absolute Gasteiger partial charge is 0.237 e. The largest absolute Gasteiger partial charge is 0.344 e. The van der Waals surface area contributed by atoms with Gasteiger partial charge in [0.25, 0.3) is 0 Å². The third kappa shape index (κ3) is 6.88. The number of nitrogens with two attached hydrogens (primary N) is 2. The Bertz CT molecular complexity index is 730. The van der Waals surface area contributed by atoms with Gasteiger partial charge in [0.1, 0.15) is 0 Å². The monoisotopic (exact) mass is 408 g/mol. The van der Waals surface area contributed by atoms with E-state index in [1.54, 1.807) is 0 Å². The molecule has 0 saturated carbocycles. The topological polar surface area (TPSA) is 111 Å². The van der Waals surface area contributed by atoms with Crippen LogP contribution in [0.1, 0.15) is 39.5 Å². The Morgan fingerprint density at radius 2 is 2.00 bits per heavy atom. The van der Waals surface area contributed by atoms with Gasteiger partial charge in [-0.1, -0.05) is 32.4 Å². The van der Waals surface area contributed by atoms with Crippen LogP contribution in [-0.4, -0.2) is 34.6 Å². The summed E-state index contributed by atoms with van der Waals surface area (Å²) < 4.78 is 1.73. The number of thioether (sulfide) groups is 1. The van der Waals surface area contributed by atoms with Gasteiger partial charge in [0.05, 0.1) is 22.3 Å². The summed E-state index contributed by atoms with van der Waals surface area (Å²) in [6.45, 7) is 4.63. The normalized spacial score (nSPS) is 13.7. The second-order valence-electron chi connectivity index (χ2n) is 6.95. The lowest BCUT2D eigenvalue weighted by Gasteiger charge is -2.21. The first-order chi connectivity index (χ1) is 12.9. The molecule has 2 atom stereocenters. The average Bonchev–Trinajstić information content (AvgIpc) is 3.02. The summed E-state index contributed by atoms with van der Waals surface area (Å²) in [6.07, 6.45) is 2.77. The van der Waals surface area contributed by atoms with Crippen LogP contribution >= 0.6 is 23.1 Å². The summed E-state index contributed by atoms with van der Waals surface area (Å²) in [4.78, 5) is 29.7. The first kappa shape index (κ1) is 21.8. The predicted molar refractivity (Wildman–Crippen MR) is 113 cm³/mol. The quantitative estimate of drug-likeness (QED) is 0.412. The van der Waals surface area contributed by atoms with Crippen LogP contribution in [0.15, 0.2) is 28.6 Å². The van der Waals surface area contributed by atoms with Crippen molar-refractivity contribution in [3.05, 3.63) is 24.3 Å². The Kier molecular flexibility index (Phi) is 8.69. The summed E-state index contributed by atoms with van der Waals surface area (Å²) in [5.41, 5.74) is 12.3. The molecule has 2 rings (SSSR count). The lowest BCUT2D eigenvalue weighted by atomic mass is 10.0. The minimum Gasteiger partial charge on any atom is -0.344 e. The van der Waals surface area contributed by atoms with Crippen LogP contribution < -0.4 is 16.8 Å². The minimum atomic E-state index is -0.619. The lowest BCUT2D eigenvalue weighted by molar-refractivity contribution is -0.126. The fourth-order valence-corrected chi connectivity index (χ4v) is 4.65. The highest BCUT2D eigenvalue weighted by molar-refractivity contribution is 8.15. The van der Waals surface area contributed by atoms with Crippen LogP contribution in [0.2, 0.25) is 0 Å². The number of fused-ring (bicyclic) bond motifs is 1. The number of hydrogen-bond acceptors (Lipinski definition) is 7. The molecule has 0 fully saturated rings. The first-order valence-electron chi connectivity index (χ1n) is 9.24. The van der Waals surface area contributed by atoms with E-state index in [1.165, 1.54) is 11.3 Å². The van der Waals surface area contributed by atoms with E-state index in [0.29, 0.717) is 23.7 Å². The zero-order chi connectivity index (χ0) is 19.8. The number of unbranched alkanes of at least 4 members (excludes halogenated alkanes) is 1. The second-order valence-corrected chi connectivity index (χ2v) is 9.23. The zero-order valence-electron chi connectivity index (χ0n) is 15.8. The molecule has 0 aliphatic carbocycles. The van der Waals surface area contributed by atoms with Crippen LogP contribution in [0.5, 0.6) is 0 Å². The van der Waals surface area contributed by atoms with Gasteiger partial charge in [0.2, 0.25) is 11.0 Å². The molecular formula is C19H28N4O2S2. The molecule has 27 heavy (non-hydrogen) atoms. The maximum absolute atomic E-state index is 12.8. The van der Waals surface area contributed by atoms with Gasteiger partial charge in [0, 0.05) is 0 Å². The summed E-state index contributed by atoms with van der Waals surface area (Å²) in [5.74, 6) is -0.0143. The number of carbonyl (C=O) groups excluding carboxylic acids is 2. The van der Waals surface area contributed by atoms with Crippen molar-refractivity contribution in [2.24, 2.45) is 17.4 Å². The number of thiazole rings is 1. The number of carbonyl (C=O) groups is 2. The molecule has 8 heteroatoms. The second kappa shape index (κ2) is 10.8. The maximum Gasteiger partial charge on any atom is 0.237 e. The molecule has 0 saturated heterocycles. The van der Waals surface area contributed by atoms with Crippen molar-refractivity contribution in [1.29, 1.82) is 0 Å². The fraction of sp³-hybridized carbons (Fsp3) is 0.526. The first-order valence-corrected chi connectivity index (χ1v) is 10.9. The Morgan fingerprint density at radius 3 is 2.67 bits per heavy atom. The van der Waals surface area contributed by atoms with Gasteiger partial charge in [0.15, 0.2) is 4.34 Å². The highest BCUT2D eigenvalue weighted by Gasteiger charge is 2.26. The number of rotatable bonds is 10. The third-order valence-corrected chi connectivity index (χ3v) is 6.16. The number of aromatic nitrogens is 1. The third-order valence-electron chi connectivity index (χ3n) is 4.08. The summed E-state index contributed by atoms with van der Waals surface area (Å²) >= 11 is 2.57. The van der Waals surface area contributed by atoms with Crippen LogP contribution in [0, 0.1) is 5.92 Å². The molecule has 1 amide bonds. The van der Waals surface area contributed by atoms with Crippen LogP contribution in [0.25, 0.3) is 10.2 Å².